The van der Waals surface area contributed by atoms with Crippen LogP contribution in [0.2, 0.25) is 10.0 Å². The quantitative estimate of drug-likeness (QED) is 0.529. The first-order valence-electron chi connectivity index (χ1n) is 5.86. The number of thiazole rings is 1. The Kier molecular flexibility index (Phi) is 4.35. The summed E-state index contributed by atoms with van der Waals surface area (Å²) in [6.45, 7) is 0. The Bertz CT molecular complexity index is 850. The number of hydrogen-bond acceptors (Lipinski definition) is 3. The second-order valence-electron chi connectivity index (χ2n) is 4.18. The average Bonchev–Trinajstić information content (AvgIpc) is 2.85. The van der Waals surface area contributed by atoms with Crippen molar-refractivity contribution in [3.05, 3.63) is 55.6 Å². The van der Waals surface area contributed by atoms with Crippen molar-refractivity contribution in [2.75, 3.05) is 5.32 Å². The third kappa shape index (κ3) is 3.15. The highest BCUT2D eigenvalue weighted by atomic mass is 127. The van der Waals surface area contributed by atoms with Gasteiger partial charge in [0.25, 0.3) is 5.91 Å². The molecule has 1 amide bonds. The normalized spacial score (nSPS) is 10.8. The molecule has 0 fully saturated rings. The fourth-order valence-electron chi connectivity index (χ4n) is 1.80. The van der Waals surface area contributed by atoms with Crippen molar-refractivity contribution in [1.82, 2.24) is 4.98 Å². The summed E-state index contributed by atoms with van der Waals surface area (Å²) in [6.07, 6.45) is 0. The van der Waals surface area contributed by atoms with Crippen molar-refractivity contribution >= 4 is 78.4 Å². The Morgan fingerprint density at radius 1 is 1.19 bits per heavy atom. The van der Waals surface area contributed by atoms with Crippen molar-refractivity contribution in [3.63, 3.8) is 0 Å². The zero-order valence-electron chi connectivity index (χ0n) is 10.4. The van der Waals surface area contributed by atoms with Gasteiger partial charge in [0.15, 0.2) is 5.13 Å². The lowest BCUT2D eigenvalue weighted by molar-refractivity contribution is 0.102. The maximum absolute atomic E-state index is 12.3. The highest BCUT2D eigenvalue weighted by Gasteiger charge is 2.14. The summed E-state index contributed by atoms with van der Waals surface area (Å²) in [6, 6.07) is 10.8. The molecule has 3 nitrogen and oxygen atoms in total. The van der Waals surface area contributed by atoms with Crippen LogP contribution in [0.15, 0.2) is 36.4 Å². The first-order chi connectivity index (χ1) is 10.0. The zero-order valence-corrected chi connectivity index (χ0v) is 14.8. The molecule has 0 aliphatic rings. The Morgan fingerprint density at radius 3 is 2.76 bits per heavy atom. The van der Waals surface area contributed by atoms with E-state index in [1.165, 1.54) is 11.3 Å². The molecule has 1 heterocycles. The van der Waals surface area contributed by atoms with E-state index in [1.54, 1.807) is 18.2 Å². The third-order valence-electron chi connectivity index (χ3n) is 2.76. The molecule has 3 aromatic rings. The molecular formula is C14H7Cl2IN2OS. The smallest absolute Gasteiger partial charge is 0.258 e. The van der Waals surface area contributed by atoms with Gasteiger partial charge in [-0.15, -0.1) is 0 Å². The number of anilines is 1. The molecule has 0 radical (unpaired) electrons. The van der Waals surface area contributed by atoms with Gasteiger partial charge in [0, 0.05) is 3.57 Å². The summed E-state index contributed by atoms with van der Waals surface area (Å²) in [5.74, 6) is -0.284. The monoisotopic (exact) mass is 448 g/mol. The largest absolute Gasteiger partial charge is 0.298 e. The first kappa shape index (κ1) is 15.0. The van der Waals surface area contributed by atoms with Gasteiger partial charge in [0.05, 0.1) is 20.3 Å². The summed E-state index contributed by atoms with van der Waals surface area (Å²) >= 11 is 15.6. The zero-order chi connectivity index (χ0) is 15.0. The van der Waals surface area contributed by atoms with Gasteiger partial charge in [-0.2, -0.15) is 0 Å². The molecule has 3 rings (SSSR count). The molecule has 0 bridgehead atoms. The Balaban J connectivity index is 1.93. The summed E-state index contributed by atoms with van der Waals surface area (Å²) < 4.78 is 1.86. The molecule has 0 aliphatic heterocycles. The van der Waals surface area contributed by atoms with Crippen LogP contribution in [0.3, 0.4) is 0 Å². The molecule has 0 saturated heterocycles. The van der Waals surface area contributed by atoms with Crippen LogP contribution in [0.25, 0.3) is 10.2 Å². The number of amides is 1. The van der Waals surface area contributed by atoms with Crippen LogP contribution in [-0.2, 0) is 0 Å². The molecule has 7 heteroatoms. The van der Waals surface area contributed by atoms with E-state index in [1.807, 2.05) is 18.2 Å². The number of rotatable bonds is 2. The van der Waals surface area contributed by atoms with Crippen molar-refractivity contribution in [3.8, 4) is 0 Å². The van der Waals surface area contributed by atoms with Crippen molar-refractivity contribution < 1.29 is 4.79 Å². The Hall–Kier alpha value is -0.890. The molecule has 0 unspecified atom stereocenters. The summed E-state index contributed by atoms with van der Waals surface area (Å²) in [5.41, 5.74) is 1.11. The van der Waals surface area contributed by atoms with Crippen LogP contribution in [-0.4, -0.2) is 10.9 Å². The second-order valence-corrected chi connectivity index (χ2v) is 7.27. The molecule has 0 aliphatic carbocycles. The van der Waals surface area contributed by atoms with E-state index in [9.17, 15) is 4.79 Å². The lowest BCUT2D eigenvalue weighted by Gasteiger charge is -2.04. The third-order valence-corrected chi connectivity index (χ3v) is 5.00. The van der Waals surface area contributed by atoms with E-state index in [0.29, 0.717) is 26.3 Å². The van der Waals surface area contributed by atoms with Crippen molar-refractivity contribution in [2.45, 2.75) is 0 Å². The average molecular weight is 449 g/mol. The van der Waals surface area contributed by atoms with E-state index in [4.69, 9.17) is 23.2 Å². The summed E-state index contributed by atoms with van der Waals surface area (Å²) in [5, 5.41) is 4.24. The number of nitrogens with one attached hydrogen (secondary N) is 1. The van der Waals surface area contributed by atoms with Crippen LogP contribution >= 0.6 is 57.1 Å². The fraction of sp³-hybridized carbons (Fsp3) is 0. The first-order valence-corrected chi connectivity index (χ1v) is 8.51. The number of carbonyl (C=O) groups excluding carboxylic acids is 1. The summed E-state index contributed by atoms with van der Waals surface area (Å²) in [7, 11) is 0. The molecule has 2 aromatic carbocycles. The van der Waals surface area contributed by atoms with Gasteiger partial charge >= 0.3 is 0 Å². The molecule has 0 spiro atoms. The molecule has 0 atom stereocenters. The highest BCUT2D eigenvalue weighted by molar-refractivity contribution is 14.1. The van der Waals surface area contributed by atoms with Gasteiger partial charge in [-0.25, -0.2) is 4.98 Å². The van der Waals surface area contributed by atoms with Gasteiger partial charge in [0.1, 0.15) is 5.52 Å². The minimum Gasteiger partial charge on any atom is -0.298 e. The van der Waals surface area contributed by atoms with Crippen LogP contribution in [0, 0.1) is 3.57 Å². The topological polar surface area (TPSA) is 42.0 Å². The highest BCUT2D eigenvalue weighted by Crippen LogP contribution is 2.31. The number of halogens is 3. The fourth-order valence-corrected chi connectivity index (χ4v) is 3.66. The van der Waals surface area contributed by atoms with Crippen LogP contribution in [0.5, 0.6) is 0 Å². The predicted octanol–water partition coefficient (Wildman–Crippen LogP) is 5.46. The molecule has 0 saturated carbocycles. The number of nitrogens with zero attached hydrogens (tertiary/aromatic N) is 1. The standard InChI is InChI=1S/C14H7Cl2IN2OS/c15-9-5-4-7(17)6-8(9)13(20)19-14-18-12-10(16)2-1-3-11(12)21-14/h1-6H,(H,18,19,20). The number of fused-ring (bicyclic) bond motifs is 1. The molecule has 106 valence electrons. The van der Waals surface area contributed by atoms with Crippen LogP contribution in [0.1, 0.15) is 10.4 Å². The van der Waals surface area contributed by atoms with Crippen molar-refractivity contribution in [2.24, 2.45) is 0 Å². The van der Waals surface area contributed by atoms with Gasteiger partial charge in [-0.3, -0.25) is 10.1 Å². The molecular weight excluding hydrogens is 442 g/mol. The maximum atomic E-state index is 12.3. The van der Waals surface area contributed by atoms with E-state index < -0.39 is 0 Å². The number of para-hydroxylation sites is 1. The molecule has 1 aromatic heterocycles. The molecule has 21 heavy (non-hydrogen) atoms. The Labute approximate surface area is 148 Å². The Morgan fingerprint density at radius 2 is 2.00 bits per heavy atom. The lowest BCUT2D eigenvalue weighted by atomic mass is 10.2. The van der Waals surface area contributed by atoms with E-state index in [0.717, 1.165) is 8.27 Å². The minimum absolute atomic E-state index is 0.284. The van der Waals surface area contributed by atoms with Gasteiger partial charge in [0.2, 0.25) is 0 Å². The van der Waals surface area contributed by atoms with Crippen LogP contribution < -0.4 is 5.32 Å². The second kappa shape index (κ2) is 6.08. The van der Waals surface area contributed by atoms with E-state index >= 15 is 0 Å². The predicted molar refractivity (Wildman–Crippen MR) is 96.8 cm³/mol. The van der Waals surface area contributed by atoms with E-state index in [2.05, 4.69) is 32.9 Å². The van der Waals surface area contributed by atoms with Crippen LogP contribution in [0.4, 0.5) is 5.13 Å². The number of aromatic nitrogens is 1. The minimum atomic E-state index is -0.284. The number of hydrogen-bond donors (Lipinski definition) is 1. The van der Waals surface area contributed by atoms with E-state index in [-0.39, 0.29) is 5.91 Å². The van der Waals surface area contributed by atoms with Gasteiger partial charge < -0.3 is 0 Å². The van der Waals surface area contributed by atoms with Gasteiger partial charge in [-0.05, 0) is 52.9 Å². The summed E-state index contributed by atoms with van der Waals surface area (Å²) in [4.78, 5) is 16.6. The molecule has 1 N–H and O–H groups in total. The number of carbonyl (C=O) groups is 1. The SMILES string of the molecule is O=C(Nc1nc2c(Cl)cccc2s1)c1cc(I)ccc1Cl. The maximum Gasteiger partial charge on any atom is 0.258 e. The lowest BCUT2D eigenvalue weighted by Crippen LogP contribution is -2.12. The van der Waals surface area contributed by atoms with Crippen molar-refractivity contribution in [1.29, 1.82) is 0 Å². The van der Waals surface area contributed by atoms with Gasteiger partial charge in [-0.1, -0.05) is 40.6 Å². The number of benzene rings is 2.